The van der Waals surface area contributed by atoms with Crippen LogP contribution in [0.5, 0.6) is 0 Å². The highest BCUT2D eigenvalue weighted by Crippen LogP contribution is 2.34. The Labute approximate surface area is 158 Å². The minimum Gasteiger partial charge on any atom is -0.319 e. The molecule has 2 aromatic carbocycles. The zero-order valence-corrected chi connectivity index (χ0v) is 16.1. The predicted molar refractivity (Wildman–Crippen MR) is 107 cm³/mol. The Bertz CT molecular complexity index is 925. The maximum atomic E-state index is 12.5. The summed E-state index contributed by atoms with van der Waals surface area (Å²) in [6.45, 7) is 2.74. The van der Waals surface area contributed by atoms with Crippen LogP contribution in [0.2, 0.25) is 0 Å². The third kappa shape index (κ3) is 3.99. The maximum Gasteiger partial charge on any atom is 0.286 e. The largest absolute Gasteiger partial charge is 0.319 e. The first-order valence-electron chi connectivity index (χ1n) is 8.45. The quantitative estimate of drug-likeness (QED) is 0.701. The molecule has 1 aliphatic heterocycles. The molecule has 0 saturated heterocycles. The van der Waals surface area contributed by atoms with E-state index in [9.17, 15) is 13.2 Å². The van der Waals surface area contributed by atoms with E-state index in [-0.39, 0.29) is 16.4 Å². The molecule has 0 bridgehead atoms. The first-order chi connectivity index (χ1) is 12.5. The van der Waals surface area contributed by atoms with Gasteiger partial charge in [-0.05, 0) is 18.6 Å². The number of anilines is 1. The SMILES string of the molecule is CCCCN1C(SCC(=O)c2ccccc2)=NS(=O)(=O)c2ccccc21. The highest BCUT2D eigenvalue weighted by molar-refractivity contribution is 8.15. The number of para-hydroxylation sites is 1. The third-order valence-electron chi connectivity index (χ3n) is 4.03. The van der Waals surface area contributed by atoms with E-state index in [1.165, 1.54) is 11.8 Å². The average molecular weight is 389 g/mol. The number of rotatable bonds is 6. The van der Waals surface area contributed by atoms with Gasteiger partial charge >= 0.3 is 0 Å². The molecule has 0 aliphatic carbocycles. The van der Waals surface area contributed by atoms with Crippen LogP contribution in [0.25, 0.3) is 0 Å². The minimum absolute atomic E-state index is 0.0509. The van der Waals surface area contributed by atoms with Gasteiger partial charge in [-0.3, -0.25) is 4.79 Å². The number of sulfonamides is 1. The van der Waals surface area contributed by atoms with Gasteiger partial charge < -0.3 is 4.90 Å². The fraction of sp³-hybridized carbons (Fsp3) is 0.263. The molecule has 0 fully saturated rings. The molecule has 0 aromatic heterocycles. The Morgan fingerprint density at radius 1 is 1.08 bits per heavy atom. The van der Waals surface area contributed by atoms with E-state index in [4.69, 9.17) is 0 Å². The summed E-state index contributed by atoms with van der Waals surface area (Å²) in [6.07, 6.45) is 1.88. The van der Waals surface area contributed by atoms with Crippen molar-refractivity contribution in [3.63, 3.8) is 0 Å². The number of hydrogen-bond acceptors (Lipinski definition) is 5. The van der Waals surface area contributed by atoms with E-state index in [1.54, 1.807) is 30.3 Å². The molecule has 136 valence electrons. The molecule has 2 aromatic rings. The second-order valence-corrected chi connectivity index (χ2v) is 8.41. The molecule has 1 aliphatic rings. The Balaban J connectivity index is 1.86. The maximum absolute atomic E-state index is 12.5. The summed E-state index contributed by atoms with van der Waals surface area (Å²) in [5.41, 5.74) is 1.24. The zero-order chi connectivity index (χ0) is 18.6. The van der Waals surface area contributed by atoms with Gasteiger partial charge in [0.2, 0.25) is 0 Å². The molecule has 0 radical (unpaired) electrons. The van der Waals surface area contributed by atoms with Crippen LogP contribution in [0.4, 0.5) is 5.69 Å². The highest BCUT2D eigenvalue weighted by atomic mass is 32.2. The van der Waals surface area contributed by atoms with Gasteiger partial charge in [-0.2, -0.15) is 8.42 Å². The van der Waals surface area contributed by atoms with Crippen LogP contribution in [0.15, 0.2) is 63.9 Å². The molecule has 0 spiro atoms. The van der Waals surface area contributed by atoms with E-state index in [2.05, 4.69) is 11.3 Å². The van der Waals surface area contributed by atoms with Crippen molar-refractivity contribution in [2.24, 2.45) is 4.40 Å². The molecule has 0 N–H and O–H groups in total. The van der Waals surface area contributed by atoms with Gasteiger partial charge in [-0.1, -0.05) is 67.6 Å². The van der Waals surface area contributed by atoms with Crippen LogP contribution in [0.3, 0.4) is 0 Å². The van der Waals surface area contributed by atoms with Crippen molar-refractivity contribution < 1.29 is 13.2 Å². The summed E-state index contributed by atoms with van der Waals surface area (Å²) in [5.74, 6) is 0.0911. The van der Waals surface area contributed by atoms with Gasteiger partial charge in [0.05, 0.1) is 11.4 Å². The number of carbonyl (C=O) groups excluding carboxylic acids is 1. The van der Waals surface area contributed by atoms with E-state index in [0.717, 1.165) is 12.8 Å². The van der Waals surface area contributed by atoms with Gasteiger partial charge in [0.15, 0.2) is 11.0 Å². The average Bonchev–Trinajstić information content (AvgIpc) is 2.66. The molecule has 5 nitrogen and oxygen atoms in total. The number of carbonyl (C=O) groups is 1. The number of fused-ring (bicyclic) bond motifs is 1. The van der Waals surface area contributed by atoms with Crippen LogP contribution in [-0.4, -0.2) is 31.7 Å². The molecule has 26 heavy (non-hydrogen) atoms. The first kappa shape index (κ1) is 18.7. The smallest absolute Gasteiger partial charge is 0.286 e. The lowest BCUT2D eigenvalue weighted by Crippen LogP contribution is -2.35. The fourth-order valence-corrected chi connectivity index (χ4v) is 5.05. The fourth-order valence-electron chi connectivity index (χ4n) is 2.68. The molecule has 0 atom stereocenters. The molecular formula is C19H20N2O3S2. The van der Waals surface area contributed by atoms with Crippen molar-refractivity contribution in [2.75, 3.05) is 17.2 Å². The third-order valence-corrected chi connectivity index (χ3v) is 6.43. The minimum atomic E-state index is -3.75. The summed E-state index contributed by atoms with van der Waals surface area (Å²) >= 11 is 1.17. The zero-order valence-electron chi connectivity index (χ0n) is 14.5. The Hall–Kier alpha value is -2.12. The highest BCUT2D eigenvalue weighted by Gasteiger charge is 2.30. The van der Waals surface area contributed by atoms with Crippen LogP contribution >= 0.6 is 11.8 Å². The topological polar surface area (TPSA) is 66.8 Å². The Morgan fingerprint density at radius 2 is 1.77 bits per heavy atom. The molecule has 0 unspecified atom stereocenters. The number of thioether (sulfide) groups is 1. The second-order valence-electron chi connectivity index (χ2n) is 5.90. The molecular weight excluding hydrogens is 368 g/mol. The monoisotopic (exact) mass is 388 g/mol. The number of Topliss-reactive ketones (excluding diaryl/α,β-unsaturated/α-hetero) is 1. The lowest BCUT2D eigenvalue weighted by Gasteiger charge is -2.30. The van der Waals surface area contributed by atoms with Crippen molar-refractivity contribution in [1.29, 1.82) is 0 Å². The number of unbranched alkanes of at least 4 members (excludes halogenated alkanes) is 1. The normalized spacial score (nSPS) is 15.3. The van der Waals surface area contributed by atoms with Gasteiger partial charge in [-0.15, -0.1) is 4.40 Å². The lowest BCUT2D eigenvalue weighted by atomic mass is 10.2. The van der Waals surface area contributed by atoms with Crippen molar-refractivity contribution in [3.05, 3.63) is 60.2 Å². The van der Waals surface area contributed by atoms with Crippen LogP contribution in [0, 0.1) is 0 Å². The van der Waals surface area contributed by atoms with Gasteiger partial charge in [-0.25, -0.2) is 0 Å². The van der Waals surface area contributed by atoms with E-state index < -0.39 is 10.0 Å². The first-order valence-corrected chi connectivity index (χ1v) is 10.9. The van der Waals surface area contributed by atoms with Crippen molar-refractivity contribution in [1.82, 2.24) is 0 Å². The second kappa shape index (κ2) is 8.05. The van der Waals surface area contributed by atoms with Gasteiger partial charge in [0.1, 0.15) is 4.90 Å². The predicted octanol–water partition coefficient (Wildman–Crippen LogP) is 3.97. The Morgan fingerprint density at radius 3 is 2.50 bits per heavy atom. The van der Waals surface area contributed by atoms with Crippen molar-refractivity contribution in [2.45, 2.75) is 24.7 Å². The van der Waals surface area contributed by atoms with Gasteiger partial charge in [0.25, 0.3) is 10.0 Å². The standard InChI is InChI=1S/C19H20N2O3S2/c1-2-3-13-21-16-11-7-8-12-18(16)26(23,24)20-19(21)25-14-17(22)15-9-5-4-6-10-15/h4-12H,2-3,13-14H2,1H3. The molecule has 3 rings (SSSR count). The molecule has 0 saturated carbocycles. The Kier molecular flexibility index (Phi) is 5.78. The molecule has 7 heteroatoms. The van der Waals surface area contributed by atoms with Crippen LogP contribution in [0.1, 0.15) is 30.1 Å². The molecule has 0 amide bonds. The number of hydrogen-bond donors (Lipinski definition) is 0. The summed E-state index contributed by atoms with van der Waals surface area (Å²) in [7, 11) is -3.75. The van der Waals surface area contributed by atoms with Crippen LogP contribution < -0.4 is 4.90 Å². The van der Waals surface area contributed by atoms with Gasteiger partial charge in [0, 0.05) is 12.1 Å². The summed E-state index contributed by atoms with van der Waals surface area (Å²) in [4.78, 5) is 14.5. The van der Waals surface area contributed by atoms with Crippen molar-refractivity contribution >= 4 is 38.4 Å². The van der Waals surface area contributed by atoms with E-state index in [1.807, 2.05) is 29.2 Å². The lowest BCUT2D eigenvalue weighted by molar-refractivity contribution is 0.102. The summed E-state index contributed by atoms with van der Waals surface area (Å²) in [5, 5.41) is 0.362. The van der Waals surface area contributed by atoms with E-state index >= 15 is 0 Å². The summed E-state index contributed by atoms with van der Waals surface area (Å²) < 4.78 is 29.0. The number of ketones is 1. The number of nitrogens with zero attached hydrogens (tertiary/aromatic N) is 2. The summed E-state index contributed by atoms with van der Waals surface area (Å²) in [6, 6.07) is 15.9. The number of benzene rings is 2. The van der Waals surface area contributed by atoms with Crippen molar-refractivity contribution in [3.8, 4) is 0 Å². The number of amidine groups is 1. The van der Waals surface area contributed by atoms with E-state index in [0.29, 0.717) is 23.0 Å². The molecule has 1 heterocycles. The van der Waals surface area contributed by atoms with Crippen LogP contribution in [-0.2, 0) is 10.0 Å².